The Balaban J connectivity index is 1.54. The van der Waals surface area contributed by atoms with Crippen LogP contribution < -0.4 is 0 Å². The first-order valence-electron chi connectivity index (χ1n) is 7.96. The zero-order chi connectivity index (χ0) is 16.1. The molecule has 122 valence electrons. The standard InChI is InChI=1S/C17H22N4O2/c22-13-12-19-8-10-20(11-9-19)17(23)14-15-2-4-16(5-3-15)21-7-1-6-18-21/h1-7,22H,8-14H2. The molecule has 1 fully saturated rings. The number of carbonyl (C=O) groups excluding carboxylic acids is 1. The van der Waals surface area contributed by atoms with Crippen molar-refractivity contribution in [2.45, 2.75) is 6.42 Å². The smallest absolute Gasteiger partial charge is 0.227 e. The SMILES string of the molecule is O=C(Cc1ccc(-n2cccn2)cc1)N1CCN(CCO)CC1. The van der Waals surface area contributed by atoms with Gasteiger partial charge in [-0.3, -0.25) is 9.69 Å². The zero-order valence-electron chi connectivity index (χ0n) is 13.1. The number of amides is 1. The quantitative estimate of drug-likeness (QED) is 0.875. The van der Waals surface area contributed by atoms with Crippen LogP contribution in [0.2, 0.25) is 0 Å². The molecule has 6 heteroatoms. The van der Waals surface area contributed by atoms with Crippen LogP contribution in [0.15, 0.2) is 42.7 Å². The normalized spacial score (nSPS) is 15.8. The molecule has 2 aromatic rings. The Hall–Kier alpha value is -2.18. The molecule has 1 amide bonds. The molecule has 1 aromatic carbocycles. The highest BCUT2D eigenvalue weighted by atomic mass is 16.3. The number of β-amino-alcohol motifs (C(OH)–C–C–N with tert-alkyl or cyclic N) is 1. The van der Waals surface area contributed by atoms with Gasteiger partial charge in [-0.2, -0.15) is 5.10 Å². The predicted octanol–water partition coefficient (Wildman–Crippen LogP) is 0.551. The van der Waals surface area contributed by atoms with Gasteiger partial charge in [-0.1, -0.05) is 12.1 Å². The van der Waals surface area contributed by atoms with Crippen LogP contribution in [0.1, 0.15) is 5.56 Å². The van der Waals surface area contributed by atoms with Crippen LogP contribution >= 0.6 is 0 Å². The van der Waals surface area contributed by atoms with Gasteiger partial charge in [0.25, 0.3) is 0 Å². The number of aliphatic hydroxyl groups is 1. The van der Waals surface area contributed by atoms with Crippen molar-refractivity contribution in [2.75, 3.05) is 39.3 Å². The Labute approximate surface area is 135 Å². The predicted molar refractivity (Wildman–Crippen MR) is 87.4 cm³/mol. The second-order valence-corrected chi connectivity index (χ2v) is 5.74. The highest BCUT2D eigenvalue weighted by Gasteiger charge is 2.20. The molecule has 0 bridgehead atoms. The molecule has 0 aliphatic carbocycles. The molecule has 23 heavy (non-hydrogen) atoms. The number of benzene rings is 1. The Morgan fingerprint density at radius 2 is 1.87 bits per heavy atom. The van der Waals surface area contributed by atoms with E-state index in [2.05, 4.69) is 10.00 Å². The first-order valence-corrected chi connectivity index (χ1v) is 7.96. The molecule has 6 nitrogen and oxygen atoms in total. The molecule has 0 atom stereocenters. The summed E-state index contributed by atoms with van der Waals surface area (Å²) in [4.78, 5) is 16.5. The van der Waals surface area contributed by atoms with Crippen molar-refractivity contribution in [1.82, 2.24) is 19.6 Å². The Bertz CT molecular complexity index is 617. The summed E-state index contributed by atoms with van der Waals surface area (Å²) in [6.45, 7) is 4.02. The summed E-state index contributed by atoms with van der Waals surface area (Å²) in [5, 5.41) is 13.1. The maximum Gasteiger partial charge on any atom is 0.227 e. The Morgan fingerprint density at radius 1 is 1.13 bits per heavy atom. The van der Waals surface area contributed by atoms with Crippen molar-refractivity contribution in [3.63, 3.8) is 0 Å². The molecule has 1 N–H and O–H groups in total. The van der Waals surface area contributed by atoms with E-state index in [0.29, 0.717) is 13.0 Å². The van der Waals surface area contributed by atoms with E-state index in [1.165, 1.54) is 0 Å². The summed E-state index contributed by atoms with van der Waals surface area (Å²) in [5.41, 5.74) is 2.01. The average Bonchev–Trinajstić information content (AvgIpc) is 3.11. The number of aliphatic hydroxyl groups excluding tert-OH is 1. The molecule has 0 radical (unpaired) electrons. The number of rotatable bonds is 5. The van der Waals surface area contributed by atoms with Gasteiger partial charge in [-0.05, 0) is 23.8 Å². The van der Waals surface area contributed by atoms with Crippen molar-refractivity contribution in [3.05, 3.63) is 48.3 Å². The molecule has 0 spiro atoms. The van der Waals surface area contributed by atoms with Crippen molar-refractivity contribution in [3.8, 4) is 5.69 Å². The zero-order valence-corrected chi connectivity index (χ0v) is 13.1. The molecule has 1 aliphatic heterocycles. The monoisotopic (exact) mass is 314 g/mol. The molecule has 1 aromatic heterocycles. The lowest BCUT2D eigenvalue weighted by Gasteiger charge is -2.34. The number of nitrogens with zero attached hydrogens (tertiary/aromatic N) is 4. The molecule has 3 rings (SSSR count). The second kappa shape index (κ2) is 7.39. The maximum absolute atomic E-state index is 12.4. The van der Waals surface area contributed by atoms with Gasteiger partial charge in [0.15, 0.2) is 0 Å². The largest absolute Gasteiger partial charge is 0.395 e. The van der Waals surface area contributed by atoms with E-state index in [9.17, 15) is 4.79 Å². The summed E-state index contributed by atoms with van der Waals surface area (Å²) in [6, 6.07) is 9.81. The van der Waals surface area contributed by atoms with Gasteiger partial charge in [0.2, 0.25) is 5.91 Å². The van der Waals surface area contributed by atoms with Gasteiger partial charge in [0.1, 0.15) is 0 Å². The van der Waals surface area contributed by atoms with Crippen LogP contribution in [-0.4, -0.2) is 69.9 Å². The number of carbonyl (C=O) groups is 1. The van der Waals surface area contributed by atoms with Crippen molar-refractivity contribution in [2.24, 2.45) is 0 Å². The average molecular weight is 314 g/mol. The Morgan fingerprint density at radius 3 is 2.48 bits per heavy atom. The number of hydrogen-bond acceptors (Lipinski definition) is 4. The summed E-state index contributed by atoms with van der Waals surface area (Å²) in [5.74, 6) is 0.167. The van der Waals surface area contributed by atoms with Crippen molar-refractivity contribution in [1.29, 1.82) is 0 Å². The van der Waals surface area contributed by atoms with E-state index in [0.717, 1.165) is 37.4 Å². The lowest BCUT2D eigenvalue weighted by atomic mass is 10.1. The topological polar surface area (TPSA) is 61.6 Å². The first-order chi connectivity index (χ1) is 11.3. The van der Waals surface area contributed by atoms with Crippen LogP contribution in [0.3, 0.4) is 0 Å². The highest BCUT2D eigenvalue weighted by Crippen LogP contribution is 2.11. The van der Waals surface area contributed by atoms with Gasteiger partial charge in [0.05, 0.1) is 18.7 Å². The molecule has 0 unspecified atom stereocenters. The van der Waals surface area contributed by atoms with Gasteiger partial charge in [-0.15, -0.1) is 0 Å². The van der Waals surface area contributed by atoms with Gasteiger partial charge in [0, 0.05) is 45.1 Å². The fourth-order valence-corrected chi connectivity index (χ4v) is 2.84. The fourth-order valence-electron chi connectivity index (χ4n) is 2.84. The fraction of sp³-hybridized carbons (Fsp3) is 0.412. The lowest BCUT2D eigenvalue weighted by molar-refractivity contribution is -0.132. The minimum atomic E-state index is 0.167. The third-order valence-electron chi connectivity index (χ3n) is 4.20. The van der Waals surface area contributed by atoms with Crippen LogP contribution in [-0.2, 0) is 11.2 Å². The molecule has 1 aliphatic rings. The summed E-state index contributed by atoms with van der Waals surface area (Å²) >= 11 is 0. The number of hydrogen-bond donors (Lipinski definition) is 1. The highest BCUT2D eigenvalue weighted by molar-refractivity contribution is 5.79. The van der Waals surface area contributed by atoms with E-state index in [-0.39, 0.29) is 12.5 Å². The van der Waals surface area contributed by atoms with Crippen LogP contribution in [0.4, 0.5) is 0 Å². The van der Waals surface area contributed by atoms with E-state index < -0.39 is 0 Å². The van der Waals surface area contributed by atoms with Gasteiger partial charge >= 0.3 is 0 Å². The molecule has 2 heterocycles. The van der Waals surface area contributed by atoms with E-state index in [1.807, 2.05) is 41.4 Å². The Kier molecular flexibility index (Phi) is 5.05. The third-order valence-corrected chi connectivity index (χ3v) is 4.20. The lowest BCUT2D eigenvalue weighted by Crippen LogP contribution is -2.49. The summed E-state index contributed by atoms with van der Waals surface area (Å²) in [6.07, 6.45) is 4.07. The summed E-state index contributed by atoms with van der Waals surface area (Å²) in [7, 11) is 0. The van der Waals surface area contributed by atoms with Crippen molar-refractivity contribution < 1.29 is 9.90 Å². The third kappa shape index (κ3) is 3.97. The van der Waals surface area contributed by atoms with E-state index in [4.69, 9.17) is 5.11 Å². The molecular weight excluding hydrogens is 292 g/mol. The van der Waals surface area contributed by atoms with Crippen LogP contribution in [0.25, 0.3) is 5.69 Å². The molecular formula is C17H22N4O2. The number of piperazine rings is 1. The van der Waals surface area contributed by atoms with Crippen LogP contribution in [0, 0.1) is 0 Å². The van der Waals surface area contributed by atoms with Gasteiger partial charge in [-0.25, -0.2) is 4.68 Å². The number of aromatic nitrogens is 2. The van der Waals surface area contributed by atoms with Gasteiger partial charge < -0.3 is 10.0 Å². The second-order valence-electron chi connectivity index (χ2n) is 5.74. The van der Waals surface area contributed by atoms with E-state index >= 15 is 0 Å². The summed E-state index contributed by atoms with van der Waals surface area (Å²) < 4.78 is 1.80. The minimum absolute atomic E-state index is 0.167. The molecule has 0 saturated carbocycles. The first kappa shape index (κ1) is 15.7. The minimum Gasteiger partial charge on any atom is -0.395 e. The molecule has 1 saturated heterocycles. The van der Waals surface area contributed by atoms with Crippen LogP contribution in [0.5, 0.6) is 0 Å². The maximum atomic E-state index is 12.4. The van der Waals surface area contributed by atoms with E-state index in [1.54, 1.807) is 10.9 Å². The van der Waals surface area contributed by atoms with Crippen molar-refractivity contribution >= 4 is 5.91 Å².